The Labute approximate surface area is 283 Å². The highest BCUT2D eigenvalue weighted by atomic mass is 35.5. The Morgan fingerprint density at radius 3 is 2.26 bits per heavy atom. The number of anilines is 1. The van der Waals surface area contributed by atoms with Gasteiger partial charge in [-0.1, -0.05) is 79.0 Å². The standard InChI is InChI=1S/C26H28ClN3O4.C6H5Cl.C2H7N.C2H6/c1-16-2-5-22(34-18-7-10-30(11-8-18)12-13-31)19(14-16)24-26(9-6-23(32)29-24)20-4-3-17(27)15-21(20)28-25(26)33;7-6-4-2-1-3-5-6;1-3-2;1-2/h2-5,13-15,18,24H,6-12H2,1H3,(H,28,33)(H,29,32);1-5H;3H,1-2H3;1-2H3/t24-,26-;;;/m1.../s1. The van der Waals surface area contributed by atoms with Gasteiger partial charge in [0.05, 0.1) is 12.6 Å². The number of halogens is 2. The van der Waals surface area contributed by atoms with Crippen molar-refractivity contribution < 1.29 is 19.1 Å². The molecule has 3 aliphatic rings. The van der Waals surface area contributed by atoms with Crippen LogP contribution in [0.2, 0.25) is 10.0 Å². The van der Waals surface area contributed by atoms with Crippen molar-refractivity contribution in [3.8, 4) is 5.75 Å². The molecule has 46 heavy (non-hydrogen) atoms. The molecule has 1 spiro atoms. The van der Waals surface area contributed by atoms with Gasteiger partial charge in [-0.15, -0.1) is 0 Å². The van der Waals surface area contributed by atoms with Gasteiger partial charge in [0.1, 0.15) is 23.6 Å². The Bertz CT molecular complexity index is 1450. The van der Waals surface area contributed by atoms with Crippen LogP contribution in [-0.4, -0.2) is 62.8 Å². The molecular formula is C36H46Cl2N4O4. The summed E-state index contributed by atoms with van der Waals surface area (Å²) in [5, 5.41) is 10.2. The van der Waals surface area contributed by atoms with Gasteiger partial charge in [0.15, 0.2) is 0 Å². The Hall–Kier alpha value is -3.43. The van der Waals surface area contributed by atoms with E-state index in [1.54, 1.807) is 12.1 Å². The average Bonchev–Trinajstić information content (AvgIpc) is 3.32. The number of nitrogens with one attached hydrogen (secondary N) is 3. The van der Waals surface area contributed by atoms with Crippen molar-refractivity contribution in [1.29, 1.82) is 0 Å². The number of carbonyl (C=O) groups is 3. The summed E-state index contributed by atoms with van der Waals surface area (Å²) in [5.74, 6) is 0.464. The quantitative estimate of drug-likeness (QED) is 0.261. The number of carbonyl (C=O) groups excluding carboxylic acids is 3. The number of aryl methyl sites for hydroxylation is 1. The molecular weight excluding hydrogens is 623 g/mol. The molecule has 2 amide bonds. The van der Waals surface area contributed by atoms with E-state index < -0.39 is 11.5 Å². The molecule has 248 valence electrons. The van der Waals surface area contributed by atoms with Crippen LogP contribution in [0.25, 0.3) is 0 Å². The molecule has 3 aromatic rings. The number of hydrogen-bond acceptors (Lipinski definition) is 6. The fraction of sp³-hybridized carbons (Fsp3) is 0.417. The minimum Gasteiger partial charge on any atom is -0.490 e. The van der Waals surface area contributed by atoms with E-state index in [-0.39, 0.29) is 24.3 Å². The van der Waals surface area contributed by atoms with Gasteiger partial charge in [-0.3, -0.25) is 14.5 Å². The minimum absolute atomic E-state index is 0.00287. The van der Waals surface area contributed by atoms with E-state index in [0.717, 1.165) is 53.9 Å². The van der Waals surface area contributed by atoms with Gasteiger partial charge in [0, 0.05) is 40.8 Å². The van der Waals surface area contributed by atoms with Crippen LogP contribution in [0.1, 0.15) is 62.3 Å². The second-order valence-corrected chi connectivity index (χ2v) is 12.1. The zero-order valence-electron chi connectivity index (χ0n) is 27.4. The van der Waals surface area contributed by atoms with Crippen molar-refractivity contribution in [2.75, 3.05) is 39.0 Å². The summed E-state index contributed by atoms with van der Waals surface area (Å²) >= 11 is 11.7. The first-order valence-electron chi connectivity index (χ1n) is 15.8. The summed E-state index contributed by atoms with van der Waals surface area (Å²) in [5.41, 5.74) is 2.43. The highest BCUT2D eigenvalue weighted by molar-refractivity contribution is 6.31. The molecule has 8 nitrogen and oxygen atoms in total. The van der Waals surface area contributed by atoms with E-state index >= 15 is 0 Å². The third kappa shape index (κ3) is 9.10. The fourth-order valence-electron chi connectivity index (χ4n) is 5.96. The van der Waals surface area contributed by atoms with Crippen LogP contribution in [0.5, 0.6) is 5.75 Å². The first-order chi connectivity index (χ1) is 22.2. The predicted molar refractivity (Wildman–Crippen MR) is 187 cm³/mol. The maximum absolute atomic E-state index is 13.5. The van der Waals surface area contributed by atoms with Gasteiger partial charge in [0.2, 0.25) is 11.8 Å². The van der Waals surface area contributed by atoms with Gasteiger partial charge in [-0.25, -0.2) is 0 Å². The molecule has 0 unspecified atom stereocenters. The summed E-state index contributed by atoms with van der Waals surface area (Å²) < 4.78 is 6.48. The van der Waals surface area contributed by atoms with Crippen molar-refractivity contribution >= 4 is 47.0 Å². The molecule has 0 bridgehead atoms. The van der Waals surface area contributed by atoms with Crippen LogP contribution >= 0.6 is 23.2 Å². The lowest BCUT2D eigenvalue weighted by atomic mass is 9.67. The van der Waals surface area contributed by atoms with E-state index in [9.17, 15) is 14.4 Å². The number of fused-ring (bicyclic) bond motifs is 2. The van der Waals surface area contributed by atoms with Crippen LogP contribution in [0, 0.1) is 6.92 Å². The van der Waals surface area contributed by atoms with E-state index in [2.05, 4.69) is 20.9 Å². The number of benzene rings is 3. The Morgan fingerprint density at radius 1 is 0.978 bits per heavy atom. The Balaban J connectivity index is 0.000000410. The van der Waals surface area contributed by atoms with Crippen molar-refractivity contribution in [3.63, 3.8) is 0 Å². The molecule has 6 rings (SSSR count). The highest BCUT2D eigenvalue weighted by Crippen LogP contribution is 2.52. The lowest BCUT2D eigenvalue weighted by molar-refractivity contribution is -0.130. The maximum Gasteiger partial charge on any atom is 0.237 e. The number of hydrogen-bond donors (Lipinski definition) is 3. The van der Waals surface area contributed by atoms with Crippen LogP contribution in [-0.2, 0) is 19.8 Å². The normalized spacial score (nSPS) is 20.4. The Kier molecular flexibility index (Phi) is 14.5. The van der Waals surface area contributed by atoms with Crippen molar-refractivity contribution in [1.82, 2.24) is 15.5 Å². The molecule has 2 fully saturated rings. The number of piperidine rings is 2. The van der Waals surface area contributed by atoms with E-state index in [0.29, 0.717) is 29.4 Å². The smallest absolute Gasteiger partial charge is 0.237 e. The topological polar surface area (TPSA) is 99.8 Å². The first-order valence-corrected chi connectivity index (χ1v) is 16.6. The Morgan fingerprint density at radius 2 is 1.65 bits per heavy atom. The lowest BCUT2D eigenvalue weighted by Crippen LogP contribution is -2.52. The summed E-state index contributed by atoms with van der Waals surface area (Å²) in [7, 11) is 3.75. The van der Waals surface area contributed by atoms with Crippen molar-refractivity contribution in [2.24, 2.45) is 0 Å². The maximum atomic E-state index is 13.5. The number of amides is 2. The fourth-order valence-corrected chi connectivity index (χ4v) is 6.28. The predicted octanol–water partition coefficient (Wildman–Crippen LogP) is 6.73. The third-order valence-corrected chi connectivity index (χ3v) is 8.52. The zero-order chi connectivity index (χ0) is 33.7. The number of aldehydes is 1. The molecule has 0 saturated carbocycles. The van der Waals surface area contributed by atoms with Gasteiger partial charge in [-0.2, -0.15) is 0 Å². The van der Waals surface area contributed by atoms with Crippen LogP contribution in [0.3, 0.4) is 0 Å². The van der Waals surface area contributed by atoms with Crippen LogP contribution in [0.15, 0.2) is 66.7 Å². The SMILES string of the molecule is CC.CNC.Cc1ccc(OC2CCN(CC=O)CC2)c([C@H]2NC(=O)CC[C@]23C(=O)Nc2cc(Cl)ccc23)c1.Clc1ccccc1. The second kappa shape index (κ2) is 18.0. The van der Waals surface area contributed by atoms with Gasteiger partial charge < -0.3 is 25.5 Å². The monoisotopic (exact) mass is 668 g/mol. The average molecular weight is 670 g/mol. The molecule has 0 aliphatic carbocycles. The van der Waals surface area contributed by atoms with Gasteiger partial charge >= 0.3 is 0 Å². The molecule has 3 heterocycles. The van der Waals surface area contributed by atoms with Crippen molar-refractivity contribution in [2.45, 2.75) is 64.0 Å². The summed E-state index contributed by atoms with van der Waals surface area (Å²) in [6.07, 6.45) is 3.23. The largest absolute Gasteiger partial charge is 0.490 e. The van der Waals surface area contributed by atoms with Crippen molar-refractivity contribution in [3.05, 3.63) is 93.5 Å². The molecule has 10 heteroatoms. The number of nitrogens with zero attached hydrogens (tertiary/aromatic N) is 1. The number of rotatable bonds is 5. The number of ether oxygens (including phenoxy) is 1. The van der Waals surface area contributed by atoms with E-state index in [1.807, 2.05) is 89.5 Å². The van der Waals surface area contributed by atoms with Crippen LogP contribution in [0.4, 0.5) is 5.69 Å². The molecule has 2 atom stereocenters. The van der Waals surface area contributed by atoms with Gasteiger partial charge in [-0.05, 0) is 76.2 Å². The van der Waals surface area contributed by atoms with E-state index in [4.69, 9.17) is 27.9 Å². The summed E-state index contributed by atoms with van der Waals surface area (Å²) in [4.78, 5) is 39.1. The minimum atomic E-state index is -0.937. The highest BCUT2D eigenvalue weighted by Gasteiger charge is 2.56. The molecule has 3 N–H and O–H groups in total. The molecule has 0 radical (unpaired) electrons. The summed E-state index contributed by atoms with van der Waals surface area (Å²) in [6, 6.07) is 20.2. The molecule has 2 saturated heterocycles. The van der Waals surface area contributed by atoms with Crippen LogP contribution < -0.4 is 20.7 Å². The van der Waals surface area contributed by atoms with Gasteiger partial charge in [0.25, 0.3) is 0 Å². The molecule has 3 aromatic carbocycles. The lowest BCUT2D eigenvalue weighted by Gasteiger charge is -2.41. The first kappa shape index (κ1) is 37.0. The third-order valence-electron chi connectivity index (χ3n) is 8.03. The summed E-state index contributed by atoms with van der Waals surface area (Å²) in [6.45, 7) is 8.03. The number of likely N-dealkylation sites (tertiary alicyclic amines) is 1. The second-order valence-electron chi connectivity index (χ2n) is 11.2. The van der Waals surface area contributed by atoms with E-state index in [1.165, 1.54) is 0 Å². The molecule has 3 aliphatic heterocycles. The zero-order valence-corrected chi connectivity index (χ0v) is 28.9. The molecule has 0 aromatic heterocycles.